The zero-order valence-corrected chi connectivity index (χ0v) is 44.0. The zero-order chi connectivity index (χ0) is 55.3. The quantitative estimate of drug-likeness (QED) is 0.0662. The number of halogens is 4. The van der Waals surface area contributed by atoms with Crippen molar-refractivity contribution in [3.8, 4) is 17.2 Å². The number of methoxy groups -OCH3 is 1. The molecule has 6 amide bonds. The Morgan fingerprint density at radius 1 is 0.354 bits per heavy atom. The molecule has 3 saturated heterocycles. The Bertz CT molecular complexity index is 3120. The number of carbonyl (C=O) groups is 3. The molecule has 0 unspecified atom stereocenters. The van der Waals surface area contributed by atoms with Crippen molar-refractivity contribution < 1.29 is 41.4 Å². The molecular weight excluding hydrogens is 1010 g/mol. The highest BCUT2D eigenvalue weighted by molar-refractivity contribution is 6.01. The van der Waals surface area contributed by atoms with Gasteiger partial charge in [0.05, 0.1) is 24.2 Å². The summed E-state index contributed by atoms with van der Waals surface area (Å²) in [4.78, 5) is 42.5. The molecule has 6 N–H and O–H groups in total. The minimum atomic E-state index is -0.508. The molecule has 79 heavy (non-hydrogen) atoms. The molecular formula is C61H65F4N9O5. The number of nitrogens with zero attached hydrogens (tertiary/aromatic N) is 3. The second kappa shape index (κ2) is 28.4. The number of hydrogen-bond acceptors (Lipinski definition) is 8. The van der Waals surface area contributed by atoms with E-state index in [0.29, 0.717) is 68.4 Å². The molecule has 0 atom stereocenters. The van der Waals surface area contributed by atoms with Gasteiger partial charge in [-0.3, -0.25) is 0 Å². The van der Waals surface area contributed by atoms with Crippen LogP contribution in [0.25, 0.3) is 0 Å². The van der Waals surface area contributed by atoms with Crippen molar-refractivity contribution in [2.24, 2.45) is 0 Å². The van der Waals surface area contributed by atoms with Crippen LogP contribution >= 0.6 is 0 Å². The van der Waals surface area contributed by atoms with Crippen LogP contribution in [0.2, 0.25) is 0 Å². The number of benzene rings is 7. The van der Waals surface area contributed by atoms with Crippen molar-refractivity contribution >= 4 is 69.3 Å². The molecule has 3 fully saturated rings. The lowest BCUT2D eigenvalue weighted by atomic mass is 10.1. The lowest BCUT2D eigenvalue weighted by Gasteiger charge is -2.29. The lowest BCUT2D eigenvalue weighted by molar-refractivity contribution is 0.261. The first kappa shape index (κ1) is 56.3. The Hall–Kier alpha value is -8.93. The molecule has 7 aromatic rings. The van der Waals surface area contributed by atoms with Crippen molar-refractivity contribution in [1.82, 2.24) is 0 Å². The summed E-state index contributed by atoms with van der Waals surface area (Å²) in [6.45, 7) is 5.20. The van der Waals surface area contributed by atoms with Gasteiger partial charge in [-0.25, -0.2) is 31.9 Å². The highest BCUT2D eigenvalue weighted by Crippen LogP contribution is 2.30. The monoisotopic (exact) mass is 1080 g/mol. The molecule has 10 rings (SSSR count). The molecule has 0 bridgehead atoms. The zero-order valence-electron chi connectivity index (χ0n) is 44.0. The molecule has 0 aromatic heterocycles. The van der Waals surface area contributed by atoms with Crippen molar-refractivity contribution in [1.29, 1.82) is 0 Å². The van der Waals surface area contributed by atoms with Gasteiger partial charge >= 0.3 is 18.1 Å². The lowest BCUT2D eigenvalue weighted by Crippen LogP contribution is -2.30. The second-order valence-corrected chi connectivity index (χ2v) is 19.1. The van der Waals surface area contributed by atoms with Crippen LogP contribution in [0.5, 0.6) is 17.2 Å². The van der Waals surface area contributed by atoms with Crippen LogP contribution in [-0.4, -0.2) is 64.5 Å². The number of piperidine rings is 3. The first-order valence-electron chi connectivity index (χ1n) is 26.5. The highest BCUT2D eigenvalue weighted by Gasteiger charge is 2.19. The van der Waals surface area contributed by atoms with Crippen LogP contribution < -0.4 is 56.1 Å². The Morgan fingerprint density at radius 2 is 0.684 bits per heavy atom. The fourth-order valence-electron chi connectivity index (χ4n) is 9.30. The summed E-state index contributed by atoms with van der Waals surface area (Å²) in [6, 6.07) is 41.8. The molecule has 7 aromatic carbocycles. The number of carbonyl (C=O) groups excluding carboxylic acids is 3. The van der Waals surface area contributed by atoms with E-state index in [9.17, 15) is 31.9 Å². The smallest absolute Gasteiger partial charge is 0.323 e. The molecule has 3 heterocycles. The van der Waals surface area contributed by atoms with Crippen LogP contribution in [0.4, 0.5) is 83.1 Å². The molecule has 412 valence electrons. The van der Waals surface area contributed by atoms with Crippen LogP contribution in [0, 0.1) is 23.3 Å². The van der Waals surface area contributed by atoms with E-state index < -0.39 is 18.1 Å². The normalized spacial score (nSPS) is 14.0. The van der Waals surface area contributed by atoms with E-state index in [4.69, 9.17) is 9.47 Å². The van der Waals surface area contributed by atoms with Gasteiger partial charge in [0.2, 0.25) is 0 Å². The number of urea groups is 3. The molecule has 3 aliphatic heterocycles. The Kier molecular flexibility index (Phi) is 20.3. The number of amides is 6. The number of hydrogen-bond donors (Lipinski definition) is 6. The van der Waals surface area contributed by atoms with Gasteiger partial charge in [0.1, 0.15) is 40.5 Å². The maximum atomic E-state index is 14.5. The van der Waals surface area contributed by atoms with Crippen LogP contribution in [0.1, 0.15) is 57.8 Å². The standard InChI is InChI=1S/C24H24FN3O2.C19H22FN3O2.C18H19F2N3O/c25-22-17-19(12-13-23(22)28-14-5-2-6-15-28)27-24(29)26-18-8-7-11-21(16-18)30-20-9-3-1-4-10-20;1-25-16-7-5-6-14(12-16)21-19(24)22-15-8-9-18(17(20)13-15)23-10-3-2-4-11-23;19-13-4-6-14(7-5-13)21-18(24)22-15-8-9-17(16(20)12-15)23-10-2-1-3-11-23/h1,3-4,7-13,16-17H,2,5-6,14-15H2,(H2,26,27,29);5-9,12-13H,2-4,10-11H2,1H3,(H2,21,22,24);4-9,12H,1-3,10-11H2,(H2,21,22,24). The highest BCUT2D eigenvalue weighted by atomic mass is 19.1. The van der Waals surface area contributed by atoms with Gasteiger partial charge < -0.3 is 56.1 Å². The summed E-state index contributed by atoms with van der Waals surface area (Å²) in [7, 11) is 1.56. The molecule has 0 aliphatic carbocycles. The van der Waals surface area contributed by atoms with E-state index in [1.54, 1.807) is 86.0 Å². The maximum absolute atomic E-state index is 14.5. The topological polar surface area (TPSA) is 152 Å². The average molecular weight is 1080 g/mol. The second-order valence-electron chi connectivity index (χ2n) is 19.1. The molecule has 0 saturated carbocycles. The van der Waals surface area contributed by atoms with E-state index in [0.717, 1.165) is 77.8 Å². The van der Waals surface area contributed by atoms with Gasteiger partial charge in [0.25, 0.3) is 0 Å². The van der Waals surface area contributed by atoms with E-state index in [2.05, 4.69) is 41.7 Å². The fourth-order valence-corrected chi connectivity index (χ4v) is 9.30. The largest absolute Gasteiger partial charge is 0.497 e. The molecule has 14 nitrogen and oxygen atoms in total. The summed E-state index contributed by atoms with van der Waals surface area (Å²) in [6.07, 6.45) is 10.0. The van der Waals surface area contributed by atoms with E-state index in [1.807, 2.05) is 41.3 Å². The minimum Gasteiger partial charge on any atom is -0.497 e. The van der Waals surface area contributed by atoms with Crippen LogP contribution in [0.3, 0.4) is 0 Å². The Labute approximate surface area is 458 Å². The number of ether oxygens (including phenoxy) is 2. The van der Waals surface area contributed by atoms with Crippen molar-refractivity contribution in [2.75, 3.05) is 93.0 Å². The molecule has 0 radical (unpaired) electrons. The molecule has 0 spiro atoms. The van der Waals surface area contributed by atoms with Crippen molar-refractivity contribution in [3.63, 3.8) is 0 Å². The van der Waals surface area contributed by atoms with E-state index >= 15 is 0 Å². The maximum Gasteiger partial charge on any atom is 0.323 e. The third kappa shape index (κ3) is 17.3. The predicted molar refractivity (Wildman–Crippen MR) is 308 cm³/mol. The first-order valence-corrected chi connectivity index (χ1v) is 26.5. The number of rotatable bonds is 12. The molecule has 3 aliphatic rings. The summed E-state index contributed by atoms with van der Waals surface area (Å²) in [5.74, 6) is 0.593. The van der Waals surface area contributed by atoms with Crippen molar-refractivity contribution in [3.05, 3.63) is 181 Å². The van der Waals surface area contributed by atoms with Gasteiger partial charge in [-0.2, -0.15) is 0 Å². The number of anilines is 9. The summed E-state index contributed by atoms with van der Waals surface area (Å²) in [5, 5.41) is 15.9. The first-order chi connectivity index (χ1) is 38.4. The van der Waals surface area contributed by atoms with Crippen LogP contribution in [0.15, 0.2) is 158 Å². The summed E-state index contributed by atoms with van der Waals surface area (Å²) >= 11 is 0. The number of nitrogens with one attached hydrogen (secondary N) is 6. The summed E-state index contributed by atoms with van der Waals surface area (Å²) < 4.78 is 67.0. The predicted octanol–water partition coefficient (Wildman–Crippen LogP) is 15.3. The Balaban J connectivity index is 0.000000157. The van der Waals surface area contributed by atoms with Crippen molar-refractivity contribution in [2.45, 2.75) is 57.8 Å². The third-order valence-electron chi connectivity index (χ3n) is 13.2. The molecule has 18 heteroatoms. The number of para-hydroxylation sites is 1. The average Bonchev–Trinajstić information content (AvgIpc) is 3.47. The third-order valence-corrected chi connectivity index (χ3v) is 13.2. The van der Waals surface area contributed by atoms with Crippen LogP contribution in [-0.2, 0) is 0 Å². The SMILES string of the molecule is COc1cccc(NC(=O)Nc2ccc(N3CCCCC3)c(F)c2)c1.O=C(Nc1ccc(F)cc1)Nc1ccc(N2CCCCC2)c(F)c1.O=C(Nc1cccc(Oc2ccccc2)c1)Nc1ccc(N2CCCCC2)c(F)c1. The van der Waals surface area contributed by atoms with Gasteiger partial charge in [0.15, 0.2) is 0 Å². The summed E-state index contributed by atoms with van der Waals surface area (Å²) in [5.41, 5.74) is 4.57. The van der Waals surface area contributed by atoms with Gasteiger partial charge in [0, 0.05) is 85.5 Å². The van der Waals surface area contributed by atoms with Gasteiger partial charge in [-0.15, -0.1) is 0 Å². The fraction of sp³-hybridized carbons (Fsp3) is 0.262. The van der Waals surface area contributed by atoms with E-state index in [1.165, 1.54) is 61.7 Å². The van der Waals surface area contributed by atoms with E-state index in [-0.39, 0.29) is 23.3 Å². The minimum absolute atomic E-state index is 0.318. The van der Waals surface area contributed by atoms with Gasteiger partial charge in [-0.05, 0) is 173 Å². The van der Waals surface area contributed by atoms with Gasteiger partial charge in [-0.1, -0.05) is 30.3 Å². The Morgan fingerprint density at radius 3 is 1.06 bits per heavy atom.